The van der Waals surface area contributed by atoms with E-state index in [9.17, 15) is 5.11 Å². The van der Waals surface area contributed by atoms with Crippen LogP contribution in [0.15, 0.2) is 28.7 Å². The minimum Gasteiger partial charge on any atom is -0.394 e. The molecule has 2 N–H and O–H groups in total. The van der Waals surface area contributed by atoms with Crippen LogP contribution < -0.4 is 5.32 Å². The van der Waals surface area contributed by atoms with E-state index in [2.05, 4.69) is 48.1 Å². The molecule has 0 heterocycles. The molecule has 20 heavy (non-hydrogen) atoms. The van der Waals surface area contributed by atoms with Crippen molar-refractivity contribution in [3.8, 4) is 0 Å². The monoisotopic (exact) mass is 339 g/mol. The molecule has 0 aromatic heterocycles. The standard InChI is InChI=1S/C17H26BrNO/c1-16(2,3)15-10-6-7-11-17(15,12-20)19-14-9-5-4-8-13(14)18/h4-5,8-9,15,19-20H,6-7,10-12H2,1-3H3. The Morgan fingerprint density at radius 3 is 2.60 bits per heavy atom. The second-order valence-electron chi connectivity index (χ2n) is 7.08. The van der Waals surface area contributed by atoms with Crippen LogP contribution in [-0.2, 0) is 0 Å². The summed E-state index contributed by atoms with van der Waals surface area (Å²) < 4.78 is 1.06. The molecule has 2 atom stereocenters. The van der Waals surface area contributed by atoms with Gasteiger partial charge in [0, 0.05) is 10.2 Å². The number of halogens is 1. The first-order valence-corrected chi connectivity index (χ1v) is 8.32. The SMILES string of the molecule is CC(C)(C)C1CCCCC1(CO)Nc1ccccc1Br. The predicted octanol–water partition coefficient (Wildman–Crippen LogP) is 4.83. The minimum atomic E-state index is -0.208. The van der Waals surface area contributed by atoms with Gasteiger partial charge in [0.05, 0.1) is 12.1 Å². The summed E-state index contributed by atoms with van der Waals surface area (Å²) in [5.74, 6) is 0.473. The molecule has 0 saturated heterocycles. The molecule has 0 spiro atoms. The maximum absolute atomic E-state index is 10.1. The highest BCUT2D eigenvalue weighted by Crippen LogP contribution is 2.46. The number of benzene rings is 1. The number of hydrogen-bond acceptors (Lipinski definition) is 2. The van der Waals surface area contributed by atoms with E-state index in [-0.39, 0.29) is 17.6 Å². The summed E-state index contributed by atoms with van der Waals surface area (Å²) in [4.78, 5) is 0. The highest BCUT2D eigenvalue weighted by molar-refractivity contribution is 9.10. The van der Waals surface area contributed by atoms with Crippen LogP contribution in [0.5, 0.6) is 0 Å². The van der Waals surface area contributed by atoms with E-state index in [1.54, 1.807) is 0 Å². The smallest absolute Gasteiger partial charge is 0.0664 e. The van der Waals surface area contributed by atoms with Crippen molar-refractivity contribution < 1.29 is 5.11 Å². The Bertz CT molecular complexity index is 455. The Kier molecular flexibility index (Phi) is 4.80. The zero-order valence-corrected chi connectivity index (χ0v) is 14.3. The molecule has 0 aliphatic heterocycles. The third-order valence-corrected chi connectivity index (χ3v) is 5.31. The number of para-hydroxylation sites is 1. The summed E-state index contributed by atoms with van der Waals surface area (Å²) in [6.07, 6.45) is 4.67. The van der Waals surface area contributed by atoms with Crippen LogP contribution >= 0.6 is 15.9 Å². The predicted molar refractivity (Wildman–Crippen MR) is 89.0 cm³/mol. The molecular formula is C17H26BrNO. The highest BCUT2D eigenvalue weighted by atomic mass is 79.9. The van der Waals surface area contributed by atoms with Gasteiger partial charge in [0.2, 0.25) is 0 Å². The van der Waals surface area contributed by atoms with Gasteiger partial charge in [-0.25, -0.2) is 0 Å². The summed E-state index contributed by atoms with van der Waals surface area (Å²) in [6.45, 7) is 7.05. The molecule has 0 radical (unpaired) electrons. The van der Waals surface area contributed by atoms with E-state index >= 15 is 0 Å². The lowest BCUT2D eigenvalue weighted by molar-refractivity contribution is 0.0483. The lowest BCUT2D eigenvalue weighted by Gasteiger charge is -2.50. The van der Waals surface area contributed by atoms with E-state index in [0.717, 1.165) is 16.6 Å². The summed E-state index contributed by atoms with van der Waals surface area (Å²) >= 11 is 3.60. The molecule has 1 fully saturated rings. The van der Waals surface area contributed by atoms with Gasteiger partial charge in [-0.3, -0.25) is 0 Å². The van der Waals surface area contributed by atoms with Crippen LogP contribution in [0.1, 0.15) is 46.5 Å². The maximum Gasteiger partial charge on any atom is 0.0664 e. The number of anilines is 1. The number of hydrogen-bond donors (Lipinski definition) is 2. The molecule has 112 valence electrons. The van der Waals surface area contributed by atoms with Crippen LogP contribution in [0.4, 0.5) is 5.69 Å². The van der Waals surface area contributed by atoms with Crippen molar-refractivity contribution in [1.29, 1.82) is 0 Å². The lowest BCUT2D eigenvalue weighted by atomic mass is 9.62. The number of aliphatic hydroxyl groups excluding tert-OH is 1. The fourth-order valence-corrected chi connectivity index (χ4v) is 4.09. The van der Waals surface area contributed by atoms with Crippen molar-refractivity contribution in [2.45, 2.75) is 52.0 Å². The van der Waals surface area contributed by atoms with Gasteiger partial charge in [0.15, 0.2) is 0 Å². The van der Waals surface area contributed by atoms with Crippen LogP contribution in [0.3, 0.4) is 0 Å². The molecular weight excluding hydrogens is 314 g/mol. The quantitative estimate of drug-likeness (QED) is 0.826. The fraction of sp³-hybridized carbons (Fsp3) is 0.647. The molecule has 1 aliphatic rings. The first-order chi connectivity index (χ1) is 9.39. The first kappa shape index (κ1) is 15.8. The van der Waals surface area contributed by atoms with Gasteiger partial charge in [-0.1, -0.05) is 45.7 Å². The molecule has 2 rings (SSSR count). The molecule has 2 nitrogen and oxygen atoms in total. The van der Waals surface area contributed by atoms with E-state index < -0.39 is 0 Å². The summed E-state index contributed by atoms with van der Waals surface area (Å²) in [7, 11) is 0. The van der Waals surface area contributed by atoms with Gasteiger partial charge in [0.1, 0.15) is 0 Å². The molecule has 0 amide bonds. The van der Waals surface area contributed by atoms with Crippen molar-refractivity contribution in [2.75, 3.05) is 11.9 Å². The second kappa shape index (κ2) is 6.07. The van der Waals surface area contributed by atoms with Gasteiger partial charge >= 0.3 is 0 Å². The van der Waals surface area contributed by atoms with Crippen LogP contribution in [0.25, 0.3) is 0 Å². The van der Waals surface area contributed by atoms with E-state index in [1.165, 1.54) is 19.3 Å². The van der Waals surface area contributed by atoms with Gasteiger partial charge in [0.25, 0.3) is 0 Å². The third-order valence-electron chi connectivity index (χ3n) is 4.62. The summed E-state index contributed by atoms with van der Waals surface area (Å²) in [6, 6.07) is 8.17. The molecule has 0 bridgehead atoms. The topological polar surface area (TPSA) is 32.3 Å². The normalized spacial score (nSPS) is 27.4. The van der Waals surface area contributed by atoms with Crippen molar-refractivity contribution in [2.24, 2.45) is 11.3 Å². The van der Waals surface area contributed by atoms with Gasteiger partial charge in [-0.05, 0) is 52.2 Å². The first-order valence-electron chi connectivity index (χ1n) is 7.53. The zero-order chi connectivity index (χ0) is 14.8. The fourth-order valence-electron chi connectivity index (χ4n) is 3.71. The van der Waals surface area contributed by atoms with Crippen LogP contribution in [-0.4, -0.2) is 17.3 Å². The largest absolute Gasteiger partial charge is 0.394 e. The van der Waals surface area contributed by atoms with Gasteiger partial charge < -0.3 is 10.4 Å². The third kappa shape index (κ3) is 3.20. The van der Waals surface area contributed by atoms with Crippen LogP contribution in [0.2, 0.25) is 0 Å². The van der Waals surface area contributed by atoms with E-state index in [1.807, 2.05) is 18.2 Å². The minimum absolute atomic E-state index is 0.191. The number of rotatable bonds is 3. The molecule has 1 aliphatic carbocycles. The van der Waals surface area contributed by atoms with Crippen molar-refractivity contribution in [3.05, 3.63) is 28.7 Å². The Balaban J connectivity index is 2.33. The summed E-state index contributed by atoms with van der Waals surface area (Å²) in [5, 5.41) is 13.8. The summed E-state index contributed by atoms with van der Waals surface area (Å²) in [5.41, 5.74) is 1.07. The maximum atomic E-state index is 10.1. The molecule has 1 aromatic rings. The average molecular weight is 340 g/mol. The molecule has 1 aromatic carbocycles. The van der Waals surface area contributed by atoms with E-state index in [4.69, 9.17) is 0 Å². The Morgan fingerprint density at radius 1 is 1.30 bits per heavy atom. The van der Waals surface area contributed by atoms with Gasteiger partial charge in [-0.2, -0.15) is 0 Å². The Hall–Kier alpha value is -0.540. The Morgan fingerprint density at radius 2 is 2.00 bits per heavy atom. The van der Waals surface area contributed by atoms with Crippen molar-refractivity contribution in [3.63, 3.8) is 0 Å². The average Bonchev–Trinajstić information content (AvgIpc) is 2.41. The van der Waals surface area contributed by atoms with E-state index in [0.29, 0.717) is 5.92 Å². The number of aliphatic hydroxyl groups is 1. The van der Waals surface area contributed by atoms with Gasteiger partial charge in [-0.15, -0.1) is 0 Å². The van der Waals surface area contributed by atoms with Crippen molar-refractivity contribution >= 4 is 21.6 Å². The number of nitrogens with one attached hydrogen (secondary N) is 1. The van der Waals surface area contributed by atoms with Crippen molar-refractivity contribution in [1.82, 2.24) is 0 Å². The second-order valence-corrected chi connectivity index (χ2v) is 7.94. The lowest BCUT2D eigenvalue weighted by Crippen LogP contribution is -2.55. The molecule has 1 saturated carbocycles. The molecule has 2 unspecified atom stereocenters. The zero-order valence-electron chi connectivity index (χ0n) is 12.7. The van der Waals surface area contributed by atoms with Crippen LogP contribution in [0, 0.1) is 11.3 Å². The molecule has 3 heteroatoms. The Labute approximate surface area is 131 Å². The highest BCUT2D eigenvalue weighted by Gasteiger charge is 2.45.